The van der Waals surface area contributed by atoms with Gasteiger partial charge in [-0.2, -0.15) is 0 Å². The Labute approximate surface area is 153 Å². The van der Waals surface area contributed by atoms with Gasteiger partial charge >= 0.3 is 0 Å². The molecule has 7 heteroatoms. The Kier molecular flexibility index (Phi) is 5.78. The highest BCUT2D eigenvalue weighted by atomic mass is 32.2. The molecule has 1 fully saturated rings. The number of methoxy groups -OCH3 is 1. The van der Waals surface area contributed by atoms with Crippen molar-refractivity contribution in [3.63, 3.8) is 0 Å². The summed E-state index contributed by atoms with van der Waals surface area (Å²) in [7, 11) is -1.73. The third-order valence-corrected chi connectivity index (χ3v) is 7.49. The summed E-state index contributed by atoms with van der Waals surface area (Å²) < 4.78 is 32.9. The smallest absolute Gasteiger partial charge is 0.250 e. The minimum Gasteiger partial charge on any atom is -0.497 e. The van der Waals surface area contributed by atoms with Gasteiger partial charge in [0.15, 0.2) is 0 Å². The van der Waals surface area contributed by atoms with E-state index in [4.69, 9.17) is 4.74 Å². The monoisotopic (exact) mass is 380 g/mol. The molecule has 136 valence electrons. The Bertz CT molecular complexity index is 800. The van der Waals surface area contributed by atoms with Crippen molar-refractivity contribution in [1.82, 2.24) is 9.62 Å². The van der Waals surface area contributed by atoms with Gasteiger partial charge in [-0.15, -0.1) is 11.3 Å². The highest BCUT2D eigenvalue weighted by Gasteiger charge is 2.26. The van der Waals surface area contributed by atoms with Gasteiger partial charge in [0.05, 0.1) is 7.11 Å². The predicted molar refractivity (Wildman–Crippen MR) is 101 cm³/mol. The average molecular weight is 381 g/mol. The summed E-state index contributed by atoms with van der Waals surface area (Å²) in [4.78, 5) is 3.35. The van der Waals surface area contributed by atoms with Gasteiger partial charge in [-0.1, -0.05) is 12.1 Å². The van der Waals surface area contributed by atoms with E-state index in [-0.39, 0.29) is 0 Å². The lowest BCUT2D eigenvalue weighted by Crippen LogP contribution is -2.34. The summed E-state index contributed by atoms with van der Waals surface area (Å²) in [5, 5.41) is 0. The highest BCUT2D eigenvalue weighted by Crippen LogP contribution is 2.32. The summed E-state index contributed by atoms with van der Waals surface area (Å²) in [5.41, 5.74) is 1.26. The molecule has 0 spiro atoms. The number of thiophene rings is 1. The van der Waals surface area contributed by atoms with Crippen LogP contribution in [0.5, 0.6) is 5.75 Å². The largest absolute Gasteiger partial charge is 0.497 e. The van der Waals surface area contributed by atoms with E-state index in [0.717, 1.165) is 30.0 Å². The summed E-state index contributed by atoms with van der Waals surface area (Å²) >= 11 is 1.30. The van der Waals surface area contributed by atoms with Crippen LogP contribution in [-0.4, -0.2) is 40.1 Å². The van der Waals surface area contributed by atoms with Crippen LogP contribution in [0.2, 0.25) is 0 Å². The molecule has 2 heterocycles. The Morgan fingerprint density at radius 3 is 2.64 bits per heavy atom. The maximum absolute atomic E-state index is 12.3. The normalized spacial score (nSPS) is 18.6. The number of hydrogen-bond donors (Lipinski definition) is 1. The second-order valence-electron chi connectivity index (χ2n) is 6.23. The first kappa shape index (κ1) is 18.4. The molecule has 1 saturated heterocycles. The number of rotatable bonds is 7. The summed E-state index contributed by atoms with van der Waals surface area (Å²) in [6, 6.07) is 12.0. The van der Waals surface area contributed by atoms with Crippen LogP contribution in [0.25, 0.3) is 0 Å². The number of benzene rings is 1. The molecule has 1 aromatic carbocycles. The summed E-state index contributed by atoms with van der Waals surface area (Å²) in [5.74, 6) is 0.854. The van der Waals surface area contributed by atoms with Crippen molar-refractivity contribution in [2.45, 2.75) is 30.0 Å². The van der Waals surface area contributed by atoms with Gasteiger partial charge in [0.1, 0.15) is 9.96 Å². The first-order valence-electron chi connectivity index (χ1n) is 8.44. The van der Waals surface area contributed by atoms with Crippen molar-refractivity contribution in [3.8, 4) is 5.75 Å². The average Bonchev–Trinajstić information content (AvgIpc) is 3.24. The first-order chi connectivity index (χ1) is 12.0. The second-order valence-corrected chi connectivity index (χ2v) is 9.51. The van der Waals surface area contributed by atoms with Gasteiger partial charge in [-0.25, -0.2) is 13.1 Å². The molecule has 5 nitrogen and oxygen atoms in total. The van der Waals surface area contributed by atoms with Crippen LogP contribution in [0.15, 0.2) is 40.6 Å². The van der Waals surface area contributed by atoms with Crippen molar-refractivity contribution >= 4 is 21.4 Å². The van der Waals surface area contributed by atoms with Crippen LogP contribution in [0.4, 0.5) is 0 Å². The van der Waals surface area contributed by atoms with Crippen LogP contribution in [0, 0.1) is 6.92 Å². The molecular weight excluding hydrogens is 356 g/mol. The van der Waals surface area contributed by atoms with Gasteiger partial charge in [0, 0.05) is 24.0 Å². The fourth-order valence-corrected chi connectivity index (χ4v) is 5.60. The fraction of sp³-hybridized carbons (Fsp3) is 0.444. The zero-order valence-electron chi connectivity index (χ0n) is 14.6. The summed E-state index contributed by atoms with van der Waals surface area (Å²) in [6.07, 6.45) is 2.23. The van der Waals surface area contributed by atoms with Crippen molar-refractivity contribution in [2.75, 3.05) is 26.7 Å². The minimum absolute atomic E-state index is 0.347. The molecule has 25 heavy (non-hydrogen) atoms. The fourth-order valence-electron chi connectivity index (χ4n) is 3.25. The Balaban J connectivity index is 1.58. The molecule has 1 atom stereocenters. The number of hydrogen-bond acceptors (Lipinski definition) is 5. The molecule has 3 rings (SSSR count). The van der Waals surface area contributed by atoms with Crippen molar-refractivity contribution in [3.05, 3.63) is 46.8 Å². The topological polar surface area (TPSA) is 58.6 Å². The number of nitrogens with one attached hydrogen (secondary N) is 1. The second kappa shape index (κ2) is 7.86. The van der Waals surface area contributed by atoms with Crippen LogP contribution in [0.1, 0.15) is 29.3 Å². The van der Waals surface area contributed by atoms with Gasteiger partial charge in [0.25, 0.3) is 0 Å². The molecule has 1 N–H and O–H groups in total. The first-order valence-corrected chi connectivity index (χ1v) is 10.7. The number of sulfonamides is 1. The van der Waals surface area contributed by atoms with Crippen LogP contribution >= 0.6 is 11.3 Å². The van der Waals surface area contributed by atoms with Crippen molar-refractivity contribution < 1.29 is 13.2 Å². The number of nitrogens with zero attached hydrogens (tertiary/aromatic N) is 1. The van der Waals surface area contributed by atoms with E-state index in [1.165, 1.54) is 16.9 Å². The highest BCUT2D eigenvalue weighted by molar-refractivity contribution is 7.91. The van der Waals surface area contributed by atoms with Crippen molar-refractivity contribution in [2.24, 2.45) is 0 Å². The molecule has 0 bridgehead atoms. The van der Waals surface area contributed by atoms with Crippen LogP contribution in [0.3, 0.4) is 0 Å². The van der Waals surface area contributed by atoms with Gasteiger partial charge < -0.3 is 4.74 Å². The summed E-state index contributed by atoms with van der Waals surface area (Å²) in [6.45, 7) is 4.04. The van der Waals surface area contributed by atoms with E-state index in [1.54, 1.807) is 13.2 Å². The van der Waals surface area contributed by atoms with Gasteiger partial charge in [-0.05, 0) is 56.1 Å². The third kappa shape index (κ3) is 4.41. The molecule has 0 amide bonds. The molecule has 1 aliphatic rings. The lowest BCUT2D eigenvalue weighted by atomic mass is 10.0. The number of likely N-dealkylation sites (tertiary alicyclic amines) is 1. The van der Waals surface area contributed by atoms with E-state index in [2.05, 4.69) is 21.8 Å². The molecular formula is C18H24N2O3S2. The molecule has 0 aliphatic carbocycles. The number of aryl methyl sites for hydroxylation is 1. The SMILES string of the molecule is COc1ccc(C2CCCN2CCNS(=O)(=O)c2ccc(C)s2)cc1. The minimum atomic E-state index is -3.40. The third-order valence-electron chi connectivity index (χ3n) is 4.54. The zero-order chi connectivity index (χ0) is 17.9. The zero-order valence-corrected chi connectivity index (χ0v) is 16.2. The van der Waals surface area contributed by atoms with Crippen LogP contribution < -0.4 is 9.46 Å². The van der Waals surface area contributed by atoms with Crippen LogP contribution in [-0.2, 0) is 10.0 Å². The van der Waals surface area contributed by atoms with E-state index >= 15 is 0 Å². The molecule has 1 unspecified atom stereocenters. The Morgan fingerprint density at radius 1 is 1.24 bits per heavy atom. The standard InChI is InChI=1S/C18H24N2O3S2/c1-14-5-10-18(24-14)25(21,22)19-11-13-20-12-3-4-17(20)15-6-8-16(23-2)9-7-15/h5-10,17,19H,3-4,11-13H2,1-2H3. The van der Waals surface area contributed by atoms with Gasteiger partial charge in [-0.3, -0.25) is 4.90 Å². The molecule has 1 aromatic heterocycles. The quantitative estimate of drug-likeness (QED) is 0.801. The molecule has 0 saturated carbocycles. The molecule has 1 aliphatic heterocycles. The van der Waals surface area contributed by atoms with Crippen molar-refractivity contribution in [1.29, 1.82) is 0 Å². The Hall–Kier alpha value is -1.41. The maximum Gasteiger partial charge on any atom is 0.250 e. The lowest BCUT2D eigenvalue weighted by Gasteiger charge is -2.25. The van der Waals surface area contributed by atoms with E-state index in [1.807, 2.05) is 25.1 Å². The molecule has 2 aromatic rings. The lowest BCUT2D eigenvalue weighted by molar-refractivity contribution is 0.261. The molecule has 0 radical (unpaired) electrons. The van der Waals surface area contributed by atoms with E-state index in [9.17, 15) is 8.42 Å². The predicted octanol–water partition coefficient (Wildman–Crippen LogP) is 3.18. The number of ether oxygens (including phenoxy) is 1. The van der Waals surface area contributed by atoms with E-state index < -0.39 is 10.0 Å². The maximum atomic E-state index is 12.3. The Morgan fingerprint density at radius 2 is 2.00 bits per heavy atom. The van der Waals surface area contributed by atoms with E-state index in [0.29, 0.717) is 23.3 Å². The van der Waals surface area contributed by atoms with Gasteiger partial charge in [0.2, 0.25) is 10.0 Å².